The zero-order valence-corrected chi connectivity index (χ0v) is 11.7. The minimum atomic E-state index is 0.750. The number of carbonyl (C=O) groups is 1. The molecule has 0 heterocycles. The predicted octanol–water partition coefficient (Wildman–Crippen LogP) is 2.69. The van der Waals surface area contributed by atoms with Gasteiger partial charge in [-0.3, -0.25) is 4.79 Å². The van der Waals surface area contributed by atoms with Gasteiger partial charge in [0.15, 0.2) is 0 Å². The number of amides is 1. The van der Waals surface area contributed by atoms with Crippen molar-refractivity contribution in [3.8, 4) is 0 Å². The van der Waals surface area contributed by atoms with E-state index >= 15 is 0 Å². The average molecular weight is 248 g/mol. The molecule has 0 aliphatic rings. The van der Waals surface area contributed by atoms with Crippen molar-refractivity contribution in [2.75, 3.05) is 31.1 Å². The normalized spacial score (nSPS) is 10.7. The van der Waals surface area contributed by atoms with Gasteiger partial charge in [-0.1, -0.05) is 31.5 Å². The molecule has 1 aromatic rings. The van der Waals surface area contributed by atoms with E-state index in [1.54, 1.807) is 4.90 Å². The Balaban J connectivity index is 2.56. The van der Waals surface area contributed by atoms with E-state index in [0.29, 0.717) is 0 Å². The highest BCUT2D eigenvalue weighted by Crippen LogP contribution is 2.13. The molecule has 3 nitrogen and oxygen atoms in total. The van der Waals surface area contributed by atoms with Crippen LogP contribution in [-0.4, -0.2) is 37.5 Å². The lowest BCUT2D eigenvalue weighted by Gasteiger charge is -2.24. The summed E-state index contributed by atoms with van der Waals surface area (Å²) in [7, 11) is 0. The molecule has 0 radical (unpaired) electrons. The fourth-order valence-corrected chi connectivity index (χ4v) is 1.97. The quantitative estimate of drug-likeness (QED) is 0.660. The first-order valence-electron chi connectivity index (χ1n) is 6.72. The second-order valence-corrected chi connectivity index (χ2v) is 4.57. The molecule has 1 aromatic carbocycles. The fourth-order valence-electron chi connectivity index (χ4n) is 1.97. The second-order valence-electron chi connectivity index (χ2n) is 4.57. The minimum absolute atomic E-state index is 0.750. The third-order valence-corrected chi connectivity index (χ3v) is 3.14. The topological polar surface area (TPSA) is 23.6 Å². The van der Waals surface area contributed by atoms with Gasteiger partial charge in [0, 0.05) is 18.8 Å². The Bertz CT molecular complexity index is 348. The third-order valence-electron chi connectivity index (χ3n) is 3.14. The molecule has 0 spiro atoms. The average Bonchev–Trinajstić information content (AvgIpc) is 2.40. The van der Waals surface area contributed by atoms with E-state index < -0.39 is 0 Å². The fraction of sp³-hybridized carbons (Fsp3) is 0.533. The first-order valence-corrected chi connectivity index (χ1v) is 6.72. The van der Waals surface area contributed by atoms with Gasteiger partial charge in [-0.05, 0) is 38.6 Å². The van der Waals surface area contributed by atoms with E-state index in [0.717, 1.165) is 44.7 Å². The molecule has 0 aromatic heterocycles. The Labute approximate surface area is 110 Å². The predicted molar refractivity (Wildman–Crippen MR) is 77.0 cm³/mol. The maximum Gasteiger partial charge on any atom is 0.214 e. The Kier molecular flexibility index (Phi) is 6.44. The molecule has 0 aliphatic carbocycles. The molecule has 1 amide bonds. The number of likely N-dealkylation sites (N-methyl/N-ethyl adjacent to an activating group) is 1. The second kappa shape index (κ2) is 7.88. The van der Waals surface area contributed by atoms with Crippen LogP contribution in [0.5, 0.6) is 0 Å². The van der Waals surface area contributed by atoms with E-state index in [2.05, 4.69) is 25.7 Å². The summed E-state index contributed by atoms with van der Waals surface area (Å²) in [6, 6.07) is 8.07. The third kappa shape index (κ3) is 4.49. The molecule has 1 rings (SSSR count). The summed E-state index contributed by atoms with van der Waals surface area (Å²) in [6.07, 6.45) is 2.07. The van der Waals surface area contributed by atoms with Gasteiger partial charge in [0.25, 0.3) is 0 Å². The molecule has 0 saturated heterocycles. The summed E-state index contributed by atoms with van der Waals surface area (Å²) in [5.41, 5.74) is 2.19. The molecular formula is C15H24N2O. The summed E-state index contributed by atoms with van der Waals surface area (Å²) >= 11 is 0. The first-order chi connectivity index (χ1) is 8.71. The Morgan fingerprint density at radius 3 is 2.22 bits per heavy atom. The maximum atomic E-state index is 11.2. The molecule has 0 saturated carbocycles. The zero-order valence-electron chi connectivity index (χ0n) is 11.7. The van der Waals surface area contributed by atoms with Crippen LogP contribution in [0.4, 0.5) is 5.69 Å². The summed E-state index contributed by atoms with van der Waals surface area (Å²) in [4.78, 5) is 15.3. The largest absolute Gasteiger partial charge is 0.314 e. The van der Waals surface area contributed by atoms with Gasteiger partial charge < -0.3 is 9.80 Å². The molecule has 3 heteroatoms. The summed E-state index contributed by atoms with van der Waals surface area (Å²) in [5, 5.41) is 0. The molecule has 0 aliphatic heterocycles. The highest BCUT2D eigenvalue weighted by atomic mass is 16.1. The van der Waals surface area contributed by atoms with Crippen molar-refractivity contribution in [2.45, 2.75) is 27.2 Å². The van der Waals surface area contributed by atoms with E-state index in [9.17, 15) is 4.79 Å². The van der Waals surface area contributed by atoms with Crippen LogP contribution in [0, 0.1) is 6.92 Å². The number of carbonyl (C=O) groups excluding carboxylic acids is 1. The minimum Gasteiger partial charge on any atom is -0.314 e. The standard InChI is InChI=1S/C15H24N2O/c1-4-10-16(5-2)11-12-17(13-18)15-8-6-14(3)7-9-15/h6-9,13H,4-5,10-12H2,1-3H3. The molecule has 18 heavy (non-hydrogen) atoms. The van der Waals surface area contributed by atoms with E-state index in [1.807, 2.05) is 24.3 Å². The number of aryl methyl sites for hydroxylation is 1. The van der Waals surface area contributed by atoms with Gasteiger partial charge in [0.2, 0.25) is 6.41 Å². The lowest BCUT2D eigenvalue weighted by atomic mass is 10.2. The molecule has 0 unspecified atom stereocenters. The van der Waals surface area contributed by atoms with Crippen LogP contribution in [0.1, 0.15) is 25.8 Å². The number of benzene rings is 1. The summed E-state index contributed by atoms with van der Waals surface area (Å²) in [5.74, 6) is 0. The summed E-state index contributed by atoms with van der Waals surface area (Å²) in [6.45, 7) is 10.2. The summed E-state index contributed by atoms with van der Waals surface area (Å²) < 4.78 is 0. The molecule has 0 atom stereocenters. The van der Waals surface area contributed by atoms with Gasteiger partial charge in [0.1, 0.15) is 0 Å². The van der Waals surface area contributed by atoms with Crippen molar-refractivity contribution in [3.05, 3.63) is 29.8 Å². The molecule has 0 N–H and O–H groups in total. The SMILES string of the molecule is CCCN(CC)CCN(C=O)c1ccc(C)cc1. The van der Waals surface area contributed by atoms with Crippen molar-refractivity contribution >= 4 is 12.1 Å². The Morgan fingerprint density at radius 1 is 1.06 bits per heavy atom. The van der Waals surface area contributed by atoms with Gasteiger partial charge in [-0.25, -0.2) is 0 Å². The van der Waals surface area contributed by atoms with Crippen molar-refractivity contribution in [2.24, 2.45) is 0 Å². The number of hydrogen-bond acceptors (Lipinski definition) is 2. The molecule has 0 bridgehead atoms. The van der Waals surface area contributed by atoms with Crippen LogP contribution >= 0.6 is 0 Å². The highest BCUT2D eigenvalue weighted by molar-refractivity contribution is 5.74. The zero-order chi connectivity index (χ0) is 13.4. The Hall–Kier alpha value is -1.35. The van der Waals surface area contributed by atoms with E-state index in [1.165, 1.54) is 5.56 Å². The number of hydrogen-bond donors (Lipinski definition) is 0. The van der Waals surface area contributed by atoms with Gasteiger partial charge in [0.05, 0.1) is 0 Å². The smallest absolute Gasteiger partial charge is 0.214 e. The van der Waals surface area contributed by atoms with Gasteiger partial charge >= 0.3 is 0 Å². The molecule has 100 valence electrons. The van der Waals surface area contributed by atoms with Crippen molar-refractivity contribution in [1.29, 1.82) is 0 Å². The number of nitrogens with zero attached hydrogens (tertiary/aromatic N) is 2. The van der Waals surface area contributed by atoms with Crippen LogP contribution in [0.15, 0.2) is 24.3 Å². The van der Waals surface area contributed by atoms with Crippen LogP contribution in [0.25, 0.3) is 0 Å². The molecular weight excluding hydrogens is 224 g/mol. The van der Waals surface area contributed by atoms with Crippen LogP contribution < -0.4 is 4.90 Å². The van der Waals surface area contributed by atoms with Crippen molar-refractivity contribution < 1.29 is 4.79 Å². The maximum absolute atomic E-state index is 11.2. The lowest BCUT2D eigenvalue weighted by Crippen LogP contribution is -2.35. The number of rotatable bonds is 8. The van der Waals surface area contributed by atoms with Crippen LogP contribution in [0.3, 0.4) is 0 Å². The highest BCUT2D eigenvalue weighted by Gasteiger charge is 2.07. The molecule has 0 fully saturated rings. The van der Waals surface area contributed by atoms with Crippen LogP contribution in [-0.2, 0) is 4.79 Å². The van der Waals surface area contributed by atoms with Crippen molar-refractivity contribution in [1.82, 2.24) is 4.90 Å². The van der Waals surface area contributed by atoms with Crippen LogP contribution in [0.2, 0.25) is 0 Å². The number of anilines is 1. The monoisotopic (exact) mass is 248 g/mol. The van der Waals surface area contributed by atoms with Crippen molar-refractivity contribution in [3.63, 3.8) is 0 Å². The first kappa shape index (κ1) is 14.7. The Morgan fingerprint density at radius 2 is 1.72 bits per heavy atom. The van der Waals surface area contributed by atoms with Gasteiger partial charge in [-0.15, -0.1) is 0 Å². The van der Waals surface area contributed by atoms with Gasteiger partial charge in [-0.2, -0.15) is 0 Å². The van der Waals surface area contributed by atoms with E-state index in [4.69, 9.17) is 0 Å². The lowest BCUT2D eigenvalue weighted by molar-refractivity contribution is -0.107. The van der Waals surface area contributed by atoms with E-state index in [-0.39, 0.29) is 0 Å².